The van der Waals surface area contributed by atoms with Gasteiger partial charge in [0.2, 0.25) is 0 Å². The van der Waals surface area contributed by atoms with Crippen molar-refractivity contribution in [3.63, 3.8) is 0 Å². The van der Waals surface area contributed by atoms with Crippen LogP contribution < -0.4 is 0 Å². The molecule has 1 heterocycles. The van der Waals surface area contributed by atoms with Gasteiger partial charge < -0.3 is 4.74 Å². The second-order valence-corrected chi connectivity index (χ2v) is 3.04. The second kappa shape index (κ2) is 3.96. The number of ether oxygens (including phenoxy) is 1. The van der Waals surface area contributed by atoms with Gasteiger partial charge in [0, 0.05) is 6.61 Å². The molecule has 0 bridgehead atoms. The normalized spacial score (nSPS) is 26.6. The molecule has 0 amide bonds. The van der Waals surface area contributed by atoms with Crippen LogP contribution in [0.1, 0.15) is 19.8 Å². The standard InChI is InChI=1S/C7H12OS/c1-2-8-7-5-3-4-6-9-7/h4,6-7H,2-3,5H2,1H3. The first-order chi connectivity index (χ1) is 4.43. The van der Waals surface area contributed by atoms with E-state index in [1.54, 1.807) is 11.8 Å². The van der Waals surface area contributed by atoms with Gasteiger partial charge in [-0.15, -0.1) is 11.8 Å². The number of rotatable bonds is 2. The molecule has 0 aromatic heterocycles. The van der Waals surface area contributed by atoms with E-state index in [0.717, 1.165) is 6.61 Å². The van der Waals surface area contributed by atoms with E-state index < -0.39 is 0 Å². The predicted octanol–water partition coefficient (Wildman–Crippen LogP) is 2.39. The minimum atomic E-state index is 0.431. The molecule has 0 saturated heterocycles. The molecule has 1 aliphatic heterocycles. The molecule has 1 atom stereocenters. The molecule has 2 heteroatoms. The molecule has 0 N–H and O–H groups in total. The van der Waals surface area contributed by atoms with Crippen LogP contribution in [0.5, 0.6) is 0 Å². The molecule has 1 aliphatic rings. The summed E-state index contributed by atoms with van der Waals surface area (Å²) in [7, 11) is 0. The number of hydrogen-bond donors (Lipinski definition) is 0. The molecule has 1 rings (SSSR count). The van der Waals surface area contributed by atoms with Crippen LogP contribution in [-0.4, -0.2) is 12.0 Å². The van der Waals surface area contributed by atoms with E-state index in [9.17, 15) is 0 Å². The van der Waals surface area contributed by atoms with E-state index >= 15 is 0 Å². The van der Waals surface area contributed by atoms with Crippen molar-refractivity contribution in [2.24, 2.45) is 0 Å². The molecule has 9 heavy (non-hydrogen) atoms. The Morgan fingerprint density at radius 3 is 3.22 bits per heavy atom. The fraction of sp³-hybridized carbons (Fsp3) is 0.714. The Bertz CT molecular complexity index is 101. The molecule has 1 nitrogen and oxygen atoms in total. The van der Waals surface area contributed by atoms with E-state index in [4.69, 9.17) is 4.74 Å². The summed E-state index contributed by atoms with van der Waals surface area (Å²) in [6.07, 6.45) is 4.55. The molecule has 0 spiro atoms. The smallest absolute Gasteiger partial charge is 0.107 e. The minimum absolute atomic E-state index is 0.431. The highest BCUT2D eigenvalue weighted by Gasteiger charge is 2.08. The molecule has 0 radical (unpaired) electrons. The molecule has 0 aliphatic carbocycles. The first kappa shape index (κ1) is 7.16. The lowest BCUT2D eigenvalue weighted by atomic mass is 10.3. The molecule has 0 fully saturated rings. The summed E-state index contributed by atoms with van der Waals surface area (Å²) >= 11 is 1.78. The summed E-state index contributed by atoms with van der Waals surface area (Å²) in [4.78, 5) is 0. The van der Waals surface area contributed by atoms with E-state index in [0.29, 0.717) is 5.44 Å². The average Bonchev–Trinajstić information content (AvgIpc) is 1.91. The van der Waals surface area contributed by atoms with Crippen molar-refractivity contribution in [2.75, 3.05) is 6.61 Å². The van der Waals surface area contributed by atoms with Crippen LogP contribution in [-0.2, 0) is 4.74 Å². The Balaban J connectivity index is 2.18. The highest BCUT2D eigenvalue weighted by molar-refractivity contribution is 8.02. The van der Waals surface area contributed by atoms with Crippen LogP contribution in [0.4, 0.5) is 0 Å². The van der Waals surface area contributed by atoms with Crippen molar-refractivity contribution < 1.29 is 4.74 Å². The Morgan fingerprint density at radius 1 is 1.78 bits per heavy atom. The zero-order valence-corrected chi connectivity index (χ0v) is 6.49. The summed E-state index contributed by atoms with van der Waals surface area (Å²) < 4.78 is 5.39. The Labute approximate surface area is 60.5 Å². The molecule has 0 aromatic rings. The van der Waals surface area contributed by atoms with Crippen LogP contribution in [0, 0.1) is 0 Å². The Morgan fingerprint density at radius 2 is 2.67 bits per heavy atom. The fourth-order valence-corrected chi connectivity index (χ4v) is 1.73. The van der Waals surface area contributed by atoms with Crippen LogP contribution in [0.3, 0.4) is 0 Å². The lowest BCUT2D eigenvalue weighted by Gasteiger charge is -2.15. The van der Waals surface area contributed by atoms with Gasteiger partial charge in [-0.3, -0.25) is 0 Å². The van der Waals surface area contributed by atoms with Crippen molar-refractivity contribution in [1.29, 1.82) is 0 Å². The van der Waals surface area contributed by atoms with Gasteiger partial charge in [-0.25, -0.2) is 0 Å². The lowest BCUT2D eigenvalue weighted by Crippen LogP contribution is -2.08. The van der Waals surface area contributed by atoms with Gasteiger partial charge in [0.1, 0.15) is 5.44 Å². The summed E-state index contributed by atoms with van der Waals surface area (Å²) in [6, 6.07) is 0. The van der Waals surface area contributed by atoms with Crippen LogP contribution in [0.15, 0.2) is 11.5 Å². The van der Waals surface area contributed by atoms with Crippen molar-refractivity contribution >= 4 is 11.8 Å². The first-order valence-corrected chi connectivity index (χ1v) is 4.30. The first-order valence-electron chi connectivity index (χ1n) is 3.35. The van der Waals surface area contributed by atoms with Crippen molar-refractivity contribution in [1.82, 2.24) is 0 Å². The van der Waals surface area contributed by atoms with E-state index in [1.165, 1.54) is 12.8 Å². The quantitative estimate of drug-likeness (QED) is 0.588. The molecule has 52 valence electrons. The highest BCUT2D eigenvalue weighted by Crippen LogP contribution is 2.23. The van der Waals surface area contributed by atoms with Crippen LogP contribution in [0.2, 0.25) is 0 Å². The fourth-order valence-electron chi connectivity index (χ4n) is 0.820. The zero-order valence-electron chi connectivity index (χ0n) is 5.67. The third kappa shape index (κ3) is 2.41. The Hall–Kier alpha value is 0.0500. The lowest BCUT2D eigenvalue weighted by molar-refractivity contribution is 0.119. The third-order valence-electron chi connectivity index (χ3n) is 1.25. The van der Waals surface area contributed by atoms with Gasteiger partial charge in [0.05, 0.1) is 0 Å². The maximum atomic E-state index is 5.39. The van der Waals surface area contributed by atoms with Gasteiger partial charge >= 0.3 is 0 Å². The summed E-state index contributed by atoms with van der Waals surface area (Å²) in [5.41, 5.74) is 0.431. The Kier molecular flexibility index (Phi) is 3.15. The molecule has 0 aromatic carbocycles. The minimum Gasteiger partial charge on any atom is -0.368 e. The van der Waals surface area contributed by atoms with Crippen molar-refractivity contribution in [2.45, 2.75) is 25.2 Å². The van der Waals surface area contributed by atoms with Gasteiger partial charge in [0.15, 0.2) is 0 Å². The highest BCUT2D eigenvalue weighted by atomic mass is 32.2. The molecular weight excluding hydrogens is 132 g/mol. The monoisotopic (exact) mass is 144 g/mol. The number of allylic oxidation sites excluding steroid dienone is 1. The zero-order chi connectivity index (χ0) is 6.53. The average molecular weight is 144 g/mol. The van der Waals surface area contributed by atoms with Crippen LogP contribution in [0.25, 0.3) is 0 Å². The van der Waals surface area contributed by atoms with Gasteiger partial charge in [-0.2, -0.15) is 0 Å². The SMILES string of the molecule is CCOC1CCC=CS1. The maximum Gasteiger partial charge on any atom is 0.107 e. The summed E-state index contributed by atoms with van der Waals surface area (Å²) in [6.45, 7) is 2.88. The maximum absolute atomic E-state index is 5.39. The number of thioether (sulfide) groups is 1. The molecule has 0 saturated carbocycles. The summed E-state index contributed by atoms with van der Waals surface area (Å²) in [5, 5.41) is 2.13. The summed E-state index contributed by atoms with van der Waals surface area (Å²) in [5.74, 6) is 0. The van der Waals surface area contributed by atoms with Crippen molar-refractivity contribution in [3.8, 4) is 0 Å². The van der Waals surface area contributed by atoms with Crippen LogP contribution >= 0.6 is 11.8 Å². The van der Waals surface area contributed by atoms with Gasteiger partial charge in [-0.1, -0.05) is 6.08 Å². The van der Waals surface area contributed by atoms with Crippen molar-refractivity contribution in [3.05, 3.63) is 11.5 Å². The second-order valence-electron chi connectivity index (χ2n) is 1.97. The largest absolute Gasteiger partial charge is 0.368 e. The van der Waals surface area contributed by atoms with E-state index in [2.05, 4.69) is 11.5 Å². The topological polar surface area (TPSA) is 9.23 Å². The van der Waals surface area contributed by atoms with E-state index in [-0.39, 0.29) is 0 Å². The number of hydrogen-bond acceptors (Lipinski definition) is 2. The van der Waals surface area contributed by atoms with Gasteiger partial charge in [-0.05, 0) is 25.2 Å². The van der Waals surface area contributed by atoms with E-state index in [1.807, 2.05) is 6.92 Å². The van der Waals surface area contributed by atoms with Gasteiger partial charge in [0.25, 0.3) is 0 Å². The predicted molar refractivity (Wildman–Crippen MR) is 41.4 cm³/mol. The molecular formula is C7H12OS. The third-order valence-corrected chi connectivity index (χ3v) is 2.27. The molecule has 1 unspecified atom stereocenters.